The second-order valence-corrected chi connectivity index (χ2v) is 3.71. The maximum absolute atomic E-state index is 11.6. The smallest absolute Gasteiger partial charge is 0.328 e. The van der Waals surface area contributed by atoms with Gasteiger partial charge in [-0.3, -0.25) is 9.59 Å². The topological polar surface area (TPSA) is 118 Å². The lowest BCUT2D eigenvalue weighted by Gasteiger charge is -2.17. The van der Waals surface area contributed by atoms with E-state index in [1.165, 1.54) is 21.1 Å². The van der Waals surface area contributed by atoms with Crippen LogP contribution in [0, 0.1) is 0 Å². The second-order valence-electron chi connectivity index (χ2n) is 3.71. The number of carbonyl (C=O) groups is 3. The number of amides is 1. The number of hydrogen-bond acceptors (Lipinski definition) is 5. The molecule has 0 rings (SSSR count). The number of carbonyl (C=O) groups excluding carboxylic acids is 3. The van der Waals surface area contributed by atoms with Gasteiger partial charge in [0.05, 0.1) is 7.11 Å². The lowest BCUT2D eigenvalue weighted by molar-refractivity contribution is -0.146. The molecule has 106 valence electrons. The number of hydrogen-bond donors (Lipinski definition) is 1. The van der Waals surface area contributed by atoms with Crippen molar-refractivity contribution in [1.82, 2.24) is 5.32 Å². The van der Waals surface area contributed by atoms with Gasteiger partial charge in [-0.1, -0.05) is 0 Å². The summed E-state index contributed by atoms with van der Waals surface area (Å²) < 4.78 is 9.34. The number of methoxy groups -OCH3 is 2. The Hall–Kier alpha value is -2.05. The summed E-state index contributed by atoms with van der Waals surface area (Å²) in [7, 11) is 2.54. The van der Waals surface area contributed by atoms with Gasteiger partial charge in [-0.25, -0.2) is 4.79 Å². The molecule has 1 N–H and O–H groups in total. The van der Waals surface area contributed by atoms with Crippen LogP contribution >= 0.6 is 0 Å². The van der Waals surface area contributed by atoms with Crippen LogP contribution in [0.4, 0.5) is 0 Å². The Balaban J connectivity index is 4.56. The lowest BCUT2D eigenvalue weighted by atomic mass is 10.1. The Morgan fingerprint density at radius 3 is 2.47 bits per heavy atom. The number of nitrogens with zero attached hydrogens (tertiary/aromatic N) is 2. The molecular formula is C11H17N3O5. The highest BCUT2D eigenvalue weighted by Gasteiger charge is 2.24. The van der Waals surface area contributed by atoms with Crippen molar-refractivity contribution in [3.8, 4) is 0 Å². The molecule has 0 aliphatic carbocycles. The normalized spacial score (nSPS) is 12.8. The highest BCUT2D eigenvalue weighted by atomic mass is 16.5. The van der Waals surface area contributed by atoms with Gasteiger partial charge in [0.2, 0.25) is 11.7 Å². The summed E-state index contributed by atoms with van der Waals surface area (Å²) in [5.74, 6) is -1.61. The Kier molecular flexibility index (Phi) is 7.99. The summed E-state index contributed by atoms with van der Waals surface area (Å²) in [4.78, 5) is 36.8. The molecule has 0 saturated carbocycles. The first kappa shape index (κ1) is 16.9. The van der Waals surface area contributed by atoms with Gasteiger partial charge in [0.25, 0.3) is 0 Å². The average molecular weight is 271 g/mol. The first-order valence-corrected chi connectivity index (χ1v) is 5.57. The minimum absolute atomic E-state index is 0.0414. The molecule has 2 atom stereocenters. The van der Waals surface area contributed by atoms with E-state index in [0.29, 0.717) is 0 Å². The number of Topliss-reactive ketones (excluding diaryl/α,β-unsaturated/α-hetero) is 1. The first-order valence-electron chi connectivity index (χ1n) is 5.57. The predicted octanol–water partition coefficient (Wildman–Crippen LogP) is -0.671. The molecule has 0 heterocycles. The molecule has 0 saturated heterocycles. The van der Waals surface area contributed by atoms with Crippen LogP contribution in [-0.4, -0.2) is 55.0 Å². The standard InChI is InChI=1S/C11H17N3O5/c1-7(18-2)10(16)14-9(11(17)19-3)5-4-8(15)6-13-12/h6-7,9H,4-5H2,1-3H3,(H,14,16)/t7-,9?/m0/s1. The SMILES string of the molecule is COC(=O)C(CCC(=O)C=[N+]=[N-])NC(=O)[C@H](C)OC. The van der Waals surface area contributed by atoms with Crippen molar-refractivity contribution in [3.63, 3.8) is 0 Å². The van der Waals surface area contributed by atoms with Crippen LogP contribution in [0.25, 0.3) is 5.53 Å². The van der Waals surface area contributed by atoms with E-state index in [4.69, 9.17) is 10.3 Å². The third-order valence-electron chi connectivity index (χ3n) is 2.41. The van der Waals surface area contributed by atoms with E-state index in [1.807, 2.05) is 0 Å². The molecule has 0 fully saturated rings. The van der Waals surface area contributed by atoms with E-state index in [0.717, 1.165) is 6.21 Å². The molecule has 0 aromatic rings. The van der Waals surface area contributed by atoms with Crippen LogP contribution in [0.2, 0.25) is 0 Å². The Morgan fingerprint density at radius 2 is 2.00 bits per heavy atom. The van der Waals surface area contributed by atoms with E-state index in [1.54, 1.807) is 0 Å². The van der Waals surface area contributed by atoms with Gasteiger partial charge in [-0.2, -0.15) is 4.79 Å². The summed E-state index contributed by atoms with van der Waals surface area (Å²) in [5, 5.41) is 2.42. The number of ether oxygens (including phenoxy) is 2. The molecule has 19 heavy (non-hydrogen) atoms. The maximum Gasteiger partial charge on any atom is 0.328 e. The van der Waals surface area contributed by atoms with Gasteiger partial charge in [-0.05, 0) is 13.3 Å². The van der Waals surface area contributed by atoms with Crippen LogP contribution in [0.3, 0.4) is 0 Å². The highest BCUT2D eigenvalue weighted by molar-refractivity contribution is 6.25. The Bertz CT molecular complexity index is 390. The molecule has 0 aliphatic rings. The number of esters is 1. The van der Waals surface area contributed by atoms with E-state index in [-0.39, 0.29) is 12.8 Å². The molecule has 8 heteroatoms. The van der Waals surface area contributed by atoms with Crippen LogP contribution in [0.15, 0.2) is 0 Å². The summed E-state index contributed by atoms with van der Waals surface area (Å²) in [6.07, 6.45) is -0.0130. The molecule has 0 spiro atoms. The van der Waals surface area contributed by atoms with Crippen molar-refractivity contribution < 1.29 is 28.6 Å². The molecule has 0 bridgehead atoms. The van der Waals surface area contributed by atoms with Crippen LogP contribution in [0.5, 0.6) is 0 Å². The molecule has 0 aliphatic heterocycles. The molecular weight excluding hydrogens is 254 g/mol. The molecule has 1 amide bonds. The van der Waals surface area contributed by atoms with Gasteiger partial charge in [0, 0.05) is 13.5 Å². The summed E-state index contributed by atoms with van der Waals surface area (Å²) in [6, 6.07) is -0.953. The molecule has 0 aromatic heterocycles. The van der Waals surface area contributed by atoms with Gasteiger partial charge in [-0.15, -0.1) is 0 Å². The average Bonchev–Trinajstić information content (AvgIpc) is 2.41. The van der Waals surface area contributed by atoms with Gasteiger partial charge < -0.3 is 20.3 Å². The van der Waals surface area contributed by atoms with Crippen LogP contribution < -0.4 is 5.32 Å². The zero-order chi connectivity index (χ0) is 14.8. The van der Waals surface area contributed by atoms with E-state index < -0.39 is 29.8 Å². The minimum Gasteiger partial charge on any atom is -0.467 e. The van der Waals surface area contributed by atoms with Crippen LogP contribution in [0.1, 0.15) is 19.8 Å². The Morgan fingerprint density at radius 1 is 1.37 bits per heavy atom. The fourth-order valence-corrected chi connectivity index (χ4v) is 1.20. The second kappa shape index (κ2) is 8.96. The maximum atomic E-state index is 11.6. The van der Waals surface area contributed by atoms with Crippen molar-refractivity contribution in [1.29, 1.82) is 0 Å². The van der Waals surface area contributed by atoms with Gasteiger partial charge >= 0.3 is 12.2 Å². The number of ketones is 1. The third-order valence-corrected chi connectivity index (χ3v) is 2.41. The van der Waals surface area contributed by atoms with Crippen molar-refractivity contribution in [3.05, 3.63) is 5.53 Å². The quantitative estimate of drug-likeness (QED) is 0.272. The fourth-order valence-electron chi connectivity index (χ4n) is 1.20. The van der Waals surface area contributed by atoms with Crippen molar-refractivity contribution in [2.45, 2.75) is 31.9 Å². The van der Waals surface area contributed by atoms with E-state index >= 15 is 0 Å². The third kappa shape index (κ3) is 6.44. The predicted molar refractivity (Wildman–Crippen MR) is 64.3 cm³/mol. The molecule has 1 unspecified atom stereocenters. The van der Waals surface area contributed by atoms with Crippen molar-refractivity contribution in [2.75, 3.05) is 14.2 Å². The fraction of sp³-hybridized carbons (Fsp3) is 0.636. The van der Waals surface area contributed by atoms with Crippen molar-refractivity contribution >= 4 is 23.9 Å². The summed E-state index contributed by atoms with van der Waals surface area (Å²) in [5.41, 5.74) is 8.18. The van der Waals surface area contributed by atoms with E-state index in [2.05, 4.69) is 14.8 Å². The summed E-state index contributed by atoms with van der Waals surface area (Å²) in [6.45, 7) is 1.52. The molecule has 8 nitrogen and oxygen atoms in total. The molecule has 0 radical (unpaired) electrons. The monoisotopic (exact) mass is 271 g/mol. The van der Waals surface area contributed by atoms with Crippen molar-refractivity contribution in [2.24, 2.45) is 0 Å². The Labute approximate surface area is 110 Å². The zero-order valence-electron chi connectivity index (χ0n) is 11.1. The van der Waals surface area contributed by atoms with Gasteiger partial charge in [0.1, 0.15) is 12.1 Å². The van der Waals surface area contributed by atoms with E-state index in [9.17, 15) is 14.4 Å². The first-order chi connectivity index (χ1) is 8.96. The lowest BCUT2D eigenvalue weighted by Crippen LogP contribution is -2.45. The van der Waals surface area contributed by atoms with Gasteiger partial charge in [0.15, 0.2) is 0 Å². The van der Waals surface area contributed by atoms with Crippen LogP contribution in [-0.2, 0) is 23.9 Å². The number of nitrogens with one attached hydrogen (secondary N) is 1. The summed E-state index contributed by atoms with van der Waals surface area (Å²) >= 11 is 0. The molecule has 0 aromatic carbocycles. The highest BCUT2D eigenvalue weighted by Crippen LogP contribution is 2.01. The minimum atomic E-state index is -0.953. The largest absolute Gasteiger partial charge is 0.467 e. The zero-order valence-corrected chi connectivity index (χ0v) is 11.1. The number of rotatable bonds is 8.